The lowest BCUT2D eigenvalue weighted by Gasteiger charge is -2.32. The van der Waals surface area contributed by atoms with E-state index in [4.69, 9.17) is 0 Å². The van der Waals surface area contributed by atoms with Crippen molar-refractivity contribution < 1.29 is 18.0 Å². The van der Waals surface area contributed by atoms with Crippen LogP contribution in [0.15, 0.2) is 36.9 Å². The van der Waals surface area contributed by atoms with Gasteiger partial charge in [0, 0.05) is 31.2 Å². The van der Waals surface area contributed by atoms with Crippen molar-refractivity contribution in [1.82, 2.24) is 14.9 Å². The van der Waals surface area contributed by atoms with E-state index >= 15 is 0 Å². The number of nitrogens with one attached hydrogen (secondary N) is 2. The minimum absolute atomic E-state index is 0.0699. The van der Waals surface area contributed by atoms with E-state index in [2.05, 4.69) is 16.6 Å². The van der Waals surface area contributed by atoms with Crippen LogP contribution in [0.4, 0.5) is 0 Å². The second kappa shape index (κ2) is 8.26. The fourth-order valence-corrected chi connectivity index (χ4v) is 3.55. The molecule has 1 aliphatic rings. The summed E-state index contributed by atoms with van der Waals surface area (Å²) in [6.07, 6.45) is 3.55. The summed E-state index contributed by atoms with van der Waals surface area (Å²) in [6, 6.07) is 6.95. The number of carbonyl (C=O) groups excluding carboxylic acids is 2. The number of likely N-dealkylation sites (tertiary alicyclic amines) is 1. The quantitative estimate of drug-likeness (QED) is 0.723. The molecule has 0 aliphatic carbocycles. The molecule has 8 heteroatoms. The lowest BCUT2D eigenvalue weighted by molar-refractivity contribution is -0.116. The predicted octanol–water partition coefficient (Wildman–Crippen LogP) is 0.643. The van der Waals surface area contributed by atoms with Crippen molar-refractivity contribution in [3.63, 3.8) is 0 Å². The molecule has 25 heavy (non-hydrogen) atoms. The molecule has 0 radical (unpaired) electrons. The summed E-state index contributed by atoms with van der Waals surface area (Å²) in [5.41, 5.74) is 1.47. The number of piperidine rings is 1. The van der Waals surface area contributed by atoms with E-state index in [0.29, 0.717) is 38.0 Å². The zero-order chi connectivity index (χ0) is 18.4. The monoisotopic (exact) mass is 365 g/mol. The third kappa shape index (κ3) is 5.99. The van der Waals surface area contributed by atoms with Crippen LogP contribution in [0.1, 0.15) is 28.8 Å². The van der Waals surface area contributed by atoms with Crippen LogP contribution in [-0.2, 0) is 21.4 Å². The van der Waals surface area contributed by atoms with E-state index < -0.39 is 10.0 Å². The Morgan fingerprint density at radius 3 is 2.36 bits per heavy atom. The van der Waals surface area contributed by atoms with Gasteiger partial charge in [-0.3, -0.25) is 9.59 Å². The Kier molecular flexibility index (Phi) is 6.33. The summed E-state index contributed by atoms with van der Waals surface area (Å²) in [4.78, 5) is 25.4. The molecule has 7 nitrogen and oxygen atoms in total. The standard InChI is InChI=1S/C17H23N3O4S/c1-3-16(21)18-12-13-4-6-14(7-5-13)17(22)20-10-8-15(9-11-20)19-25(2,23)24/h3-7,15,19H,1,8-12H2,2H3,(H,18,21). The van der Waals surface area contributed by atoms with Gasteiger partial charge in [0.1, 0.15) is 0 Å². The molecule has 1 fully saturated rings. The highest BCUT2D eigenvalue weighted by Crippen LogP contribution is 2.15. The number of nitrogens with zero attached hydrogens (tertiary/aromatic N) is 1. The molecule has 1 aliphatic heterocycles. The summed E-state index contributed by atoms with van der Waals surface area (Å²) < 4.78 is 25.1. The molecule has 1 heterocycles. The maximum absolute atomic E-state index is 12.5. The summed E-state index contributed by atoms with van der Waals surface area (Å²) in [5, 5.41) is 2.68. The molecule has 0 atom stereocenters. The predicted molar refractivity (Wildman–Crippen MR) is 95.4 cm³/mol. The Morgan fingerprint density at radius 2 is 1.84 bits per heavy atom. The Hall–Kier alpha value is -2.19. The van der Waals surface area contributed by atoms with Crippen LogP contribution in [0.2, 0.25) is 0 Å². The maximum Gasteiger partial charge on any atom is 0.253 e. The second-order valence-corrected chi connectivity index (χ2v) is 7.86. The molecule has 1 aromatic rings. The molecule has 0 unspecified atom stereocenters. The largest absolute Gasteiger partial charge is 0.348 e. The van der Waals surface area contributed by atoms with Gasteiger partial charge in [0.2, 0.25) is 15.9 Å². The van der Waals surface area contributed by atoms with Crippen molar-refractivity contribution in [3.05, 3.63) is 48.0 Å². The van der Waals surface area contributed by atoms with Crippen molar-refractivity contribution in [3.8, 4) is 0 Å². The van der Waals surface area contributed by atoms with Crippen LogP contribution >= 0.6 is 0 Å². The Bertz CT molecular complexity index is 736. The van der Waals surface area contributed by atoms with Gasteiger partial charge in [-0.2, -0.15) is 0 Å². The Balaban J connectivity index is 1.89. The van der Waals surface area contributed by atoms with Gasteiger partial charge in [-0.1, -0.05) is 18.7 Å². The third-order valence-electron chi connectivity index (χ3n) is 4.02. The van der Waals surface area contributed by atoms with Crippen LogP contribution in [0, 0.1) is 0 Å². The van der Waals surface area contributed by atoms with Gasteiger partial charge in [0.25, 0.3) is 5.91 Å². The minimum Gasteiger partial charge on any atom is -0.348 e. The smallest absolute Gasteiger partial charge is 0.253 e. The number of sulfonamides is 1. The van der Waals surface area contributed by atoms with Crippen molar-refractivity contribution in [1.29, 1.82) is 0 Å². The average Bonchev–Trinajstić information content (AvgIpc) is 2.59. The average molecular weight is 365 g/mol. The van der Waals surface area contributed by atoms with E-state index in [-0.39, 0.29) is 17.9 Å². The maximum atomic E-state index is 12.5. The first-order valence-corrected chi connectivity index (χ1v) is 9.93. The summed E-state index contributed by atoms with van der Waals surface area (Å²) in [6.45, 7) is 4.80. The first-order chi connectivity index (χ1) is 11.8. The third-order valence-corrected chi connectivity index (χ3v) is 4.78. The number of rotatable bonds is 6. The Labute approximate surface area is 148 Å². The summed E-state index contributed by atoms with van der Waals surface area (Å²) >= 11 is 0. The first kappa shape index (κ1) is 19.1. The topological polar surface area (TPSA) is 95.6 Å². The highest BCUT2D eigenvalue weighted by atomic mass is 32.2. The SMILES string of the molecule is C=CC(=O)NCc1ccc(C(=O)N2CCC(NS(C)(=O)=O)CC2)cc1. The normalized spacial score (nSPS) is 15.6. The molecule has 136 valence electrons. The molecule has 1 aromatic carbocycles. The number of hydrogen-bond donors (Lipinski definition) is 2. The zero-order valence-electron chi connectivity index (χ0n) is 14.2. The van der Waals surface area contributed by atoms with Gasteiger partial charge in [0.15, 0.2) is 0 Å². The summed E-state index contributed by atoms with van der Waals surface area (Å²) in [7, 11) is -3.22. The molecule has 2 rings (SSSR count). The Morgan fingerprint density at radius 1 is 1.24 bits per heavy atom. The van der Waals surface area contributed by atoms with E-state index in [1.807, 2.05) is 0 Å². The van der Waals surface area contributed by atoms with Crippen LogP contribution in [0.25, 0.3) is 0 Å². The van der Waals surface area contributed by atoms with Gasteiger partial charge in [-0.05, 0) is 36.6 Å². The molecule has 0 aromatic heterocycles. The molecular formula is C17H23N3O4S. The highest BCUT2D eigenvalue weighted by Gasteiger charge is 2.25. The number of amides is 2. The van der Waals surface area contributed by atoms with Gasteiger partial charge < -0.3 is 10.2 Å². The van der Waals surface area contributed by atoms with Crippen LogP contribution in [0.5, 0.6) is 0 Å². The fraction of sp³-hybridized carbons (Fsp3) is 0.412. The minimum atomic E-state index is -3.22. The summed E-state index contributed by atoms with van der Waals surface area (Å²) in [5.74, 6) is -0.315. The van der Waals surface area contributed by atoms with Gasteiger partial charge >= 0.3 is 0 Å². The molecule has 1 saturated heterocycles. The van der Waals surface area contributed by atoms with E-state index in [9.17, 15) is 18.0 Å². The van der Waals surface area contributed by atoms with Crippen molar-refractivity contribution in [2.45, 2.75) is 25.4 Å². The van der Waals surface area contributed by atoms with Gasteiger partial charge in [-0.15, -0.1) is 0 Å². The van der Waals surface area contributed by atoms with Gasteiger partial charge in [-0.25, -0.2) is 13.1 Å². The lowest BCUT2D eigenvalue weighted by atomic mass is 10.0. The number of benzene rings is 1. The van der Waals surface area contributed by atoms with Crippen molar-refractivity contribution in [2.24, 2.45) is 0 Å². The van der Waals surface area contributed by atoms with Crippen molar-refractivity contribution >= 4 is 21.8 Å². The molecule has 2 N–H and O–H groups in total. The van der Waals surface area contributed by atoms with E-state index in [0.717, 1.165) is 11.8 Å². The molecular weight excluding hydrogens is 342 g/mol. The van der Waals surface area contributed by atoms with Crippen molar-refractivity contribution in [2.75, 3.05) is 19.3 Å². The second-order valence-electron chi connectivity index (χ2n) is 6.08. The molecule has 2 amide bonds. The highest BCUT2D eigenvalue weighted by molar-refractivity contribution is 7.88. The van der Waals surface area contributed by atoms with E-state index in [1.54, 1.807) is 29.2 Å². The zero-order valence-corrected chi connectivity index (χ0v) is 15.0. The van der Waals surface area contributed by atoms with Gasteiger partial charge in [0.05, 0.1) is 6.26 Å². The number of carbonyl (C=O) groups is 2. The fourth-order valence-electron chi connectivity index (χ4n) is 2.71. The van der Waals surface area contributed by atoms with E-state index in [1.165, 1.54) is 6.08 Å². The number of hydrogen-bond acceptors (Lipinski definition) is 4. The van der Waals surface area contributed by atoms with Crippen LogP contribution in [0.3, 0.4) is 0 Å². The first-order valence-electron chi connectivity index (χ1n) is 8.04. The molecule has 0 bridgehead atoms. The molecule has 0 spiro atoms. The van der Waals surface area contributed by atoms with Crippen LogP contribution in [-0.4, -0.2) is 50.5 Å². The van der Waals surface area contributed by atoms with Crippen LogP contribution < -0.4 is 10.0 Å². The lowest BCUT2D eigenvalue weighted by Crippen LogP contribution is -2.46. The molecule has 0 saturated carbocycles.